The Balaban J connectivity index is 1.47. The third-order valence-electron chi connectivity index (χ3n) is 5.40. The predicted octanol–water partition coefficient (Wildman–Crippen LogP) is 2.80. The van der Waals surface area contributed by atoms with Crippen molar-refractivity contribution in [2.24, 2.45) is 0 Å². The van der Waals surface area contributed by atoms with Crippen molar-refractivity contribution < 1.29 is 23.4 Å². The Labute approximate surface area is 175 Å². The van der Waals surface area contributed by atoms with Gasteiger partial charge in [0.05, 0.1) is 31.9 Å². The molecular formula is C23H25FN2O4. The SMILES string of the molecule is COc1ccc2c(c1)OCC(C(=O)NCC(c1cccc(F)c1)N1CCOCC1)=C2. The molecule has 2 aliphatic rings. The molecule has 1 saturated heterocycles. The topological polar surface area (TPSA) is 60.0 Å². The quantitative estimate of drug-likeness (QED) is 0.791. The van der Waals surface area contributed by atoms with E-state index in [2.05, 4.69) is 10.2 Å². The monoisotopic (exact) mass is 412 g/mol. The maximum Gasteiger partial charge on any atom is 0.250 e. The van der Waals surface area contributed by atoms with Crippen LogP contribution in [0.1, 0.15) is 17.2 Å². The minimum Gasteiger partial charge on any atom is -0.497 e. The first kappa shape index (κ1) is 20.4. The molecule has 0 aliphatic carbocycles. The number of carbonyl (C=O) groups excluding carboxylic acids is 1. The van der Waals surface area contributed by atoms with Crippen molar-refractivity contribution in [3.8, 4) is 11.5 Å². The van der Waals surface area contributed by atoms with Gasteiger partial charge >= 0.3 is 0 Å². The van der Waals surface area contributed by atoms with Crippen LogP contribution < -0.4 is 14.8 Å². The van der Waals surface area contributed by atoms with E-state index in [9.17, 15) is 9.18 Å². The summed E-state index contributed by atoms with van der Waals surface area (Å²) in [6.07, 6.45) is 1.83. The highest BCUT2D eigenvalue weighted by molar-refractivity contribution is 5.99. The summed E-state index contributed by atoms with van der Waals surface area (Å²) in [7, 11) is 1.60. The van der Waals surface area contributed by atoms with Gasteiger partial charge in [-0.25, -0.2) is 4.39 Å². The fraction of sp³-hybridized carbons (Fsp3) is 0.348. The molecular weight excluding hydrogens is 387 g/mol. The molecule has 2 heterocycles. The molecule has 1 atom stereocenters. The number of nitrogens with zero attached hydrogens (tertiary/aromatic N) is 1. The maximum atomic E-state index is 13.8. The Morgan fingerprint density at radius 1 is 1.23 bits per heavy atom. The number of carbonyl (C=O) groups is 1. The van der Waals surface area contributed by atoms with Gasteiger partial charge in [-0.15, -0.1) is 0 Å². The van der Waals surface area contributed by atoms with Gasteiger partial charge in [0.15, 0.2) is 0 Å². The Morgan fingerprint density at radius 3 is 2.83 bits per heavy atom. The third-order valence-corrected chi connectivity index (χ3v) is 5.40. The van der Waals surface area contributed by atoms with Crippen LogP contribution in [-0.2, 0) is 9.53 Å². The summed E-state index contributed by atoms with van der Waals surface area (Å²) in [6, 6.07) is 11.9. The Kier molecular flexibility index (Phi) is 6.30. The molecule has 30 heavy (non-hydrogen) atoms. The van der Waals surface area contributed by atoms with Crippen LogP contribution in [0.15, 0.2) is 48.0 Å². The van der Waals surface area contributed by atoms with Crippen molar-refractivity contribution >= 4 is 12.0 Å². The first-order valence-corrected chi connectivity index (χ1v) is 10.0. The second kappa shape index (κ2) is 9.28. The van der Waals surface area contributed by atoms with Crippen molar-refractivity contribution in [1.29, 1.82) is 0 Å². The largest absolute Gasteiger partial charge is 0.497 e. The lowest BCUT2D eigenvalue weighted by Gasteiger charge is -2.35. The Bertz CT molecular complexity index is 941. The smallest absolute Gasteiger partial charge is 0.250 e. The van der Waals surface area contributed by atoms with E-state index in [-0.39, 0.29) is 24.4 Å². The lowest BCUT2D eigenvalue weighted by molar-refractivity contribution is -0.118. The number of benzene rings is 2. The zero-order valence-electron chi connectivity index (χ0n) is 16.9. The number of rotatable bonds is 6. The van der Waals surface area contributed by atoms with Crippen molar-refractivity contribution in [1.82, 2.24) is 10.2 Å². The molecule has 0 radical (unpaired) electrons. The van der Waals surface area contributed by atoms with E-state index in [0.29, 0.717) is 36.8 Å². The highest BCUT2D eigenvalue weighted by atomic mass is 19.1. The van der Waals surface area contributed by atoms with Crippen LogP contribution in [0, 0.1) is 5.82 Å². The summed E-state index contributed by atoms with van der Waals surface area (Å²) in [4.78, 5) is 15.0. The molecule has 7 heteroatoms. The van der Waals surface area contributed by atoms with E-state index in [0.717, 1.165) is 24.2 Å². The van der Waals surface area contributed by atoms with E-state index in [4.69, 9.17) is 14.2 Å². The summed E-state index contributed by atoms with van der Waals surface area (Å²) < 4.78 is 30.2. The summed E-state index contributed by atoms with van der Waals surface area (Å²) in [5, 5.41) is 3.00. The van der Waals surface area contributed by atoms with Crippen LogP contribution in [0.25, 0.3) is 6.08 Å². The van der Waals surface area contributed by atoms with Crippen LogP contribution in [0.4, 0.5) is 4.39 Å². The van der Waals surface area contributed by atoms with Crippen LogP contribution in [-0.4, -0.2) is 57.4 Å². The molecule has 0 bridgehead atoms. The number of amides is 1. The lowest BCUT2D eigenvalue weighted by Crippen LogP contribution is -2.44. The fourth-order valence-electron chi connectivity index (χ4n) is 3.77. The van der Waals surface area contributed by atoms with E-state index in [1.165, 1.54) is 12.1 Å². The predicted molar refractivity (Wildman–Crippen MR) is 111 cm³/mol. The molecule has 1 amide bonds. The van der Waals surface area contributed by atoms with Crippen LogP contribution in [0.3, 0.4) is 0 Å². The summed E-state index contributed by atoms with van der Waals surface area (Å²) in [6.45, 7) is 3.28. The van der Waals surface area contributed by atoms with Crippen molar-refractivity contribution in [3.05, 3.63) is 65.0 Å². The lowest BCUT2D eigenvalue weighted by atomic mass is 10.0. The van der Waals surface area contributed by atoms with Crippen LogP contribution in [0.5, 0.6) is 11.5 Å². The molecule has 0 saturated carbocycles. The average Bonchev–Trinajstić information content (AvgIpc) is 2.79. The number of methoxy groups -OCH3 is 1. The van der Waals surface area contributed by atoms with E-state index >= 15 is 0 Å². The highest BCUT2D eigenvalue weighted by Gasteiger charge is 2.25. The molecule has 4 rings (SSSR count). The number of fused-ring (bicyclic) bond motifs is 1. The van der Waals surface area contributed by atoms with Crippen molar-refractivity contribution in [3.63, 3.8) is 0 Å². The molecule has 1 N–H and O–H groups in total. The van der Waals surface area contributed by atoms with Gasteiger partial charge in [0, 0.05) is 31.3 Å². The standard InChI is InChI=1S/C23H25FN2O4/c1-28-20-6-5-17-11-18(15-30-22(17)13-20)23(27)25-14-21(26-7-9-29-10-8-26)16-3-2-4-19(24)12-16/h2-6,11-13,21H,7-10,14-15H2,1H3,(H,25,27). The number of ether oxygens (including phenoxy) is 3. The molecule has 2 aliphatic heterocycles. The molecule has 158 valence electrons. The van der Waals surface area contributed by atoms with Gasteiger partial charge in [-0.1, -0.05) is 12.1 Å². The molecule has 0 aromatic heterocycles. The van der Waals surface area contributed by atoms with E-state index in [1.54, 1.807) is 19.2 Å². The third kappa shape index (κ3) is 4.63. The fourth-order valence-corrected chi connectivity index (χ4v) is 3.77. The molecule has 2 aromatic carbocycles. The van der Waals surface area contributed by atoms with Gasteiger partial charge in [0.25, 0.3) is 5.91 Å². The average molecular weight is 412 g/mol. The minimum absolute atomic E-state index is 0.129. The molecule has 1 unspecified atom stereocenters. The van der Waals surface area contributed by atoms with E-state index < -0.39 is 0 Å². The summed E-state index contributed by atoms with van der Waals surface area (Å²) in [5.41, 5.74) is 2.22. The van der Waals surface area contributed by atoms with Gasteiger partial charge in [0.2, 0.25) is 0 Å². The van der Waals surface area contributed by atoms with Gasteiger partial charge in [0.1, 0.15) is 23.9 Å². The molecule has 6 nitrogen and oxygen atoms in total. The van der Waals surface area contributed by atoms with E-state index in [1.807, 2.05) is 24.3 Å². The molecule has 0 spiro atoms. The first-order valence-electron chi connectivity index (χ1n) is 10.0. The zero-order valence-corrected chi connectivity index (χ0v) is 16.9. The van der Waals surface area contributed by atoms with Gasteiger partial charge in [-0.3, -0.25) is 9.69 Å². The second-order valence-corrected chi connectivity index (χ2v) is 7.29. The van der Waals surface area contributed by atoms with Crippen molar-refractivity contribution in [2.75, 3.05) is 46.6 Å². The van der Waals surface area contributed by atoms with Crippen molar-refractivity contribution in [2.45, 2.75) is 6.04 Å². The van der Waals surface area contributed by atoms with Gasteiger partial charge in [-0.2, -0.15) is 0 Å². The summed E-state index contributed by atoms with van der Waals surface area (Å²) in [5.74, 6) is 0.925. The number of morpholine rings is 1. The van der Waals surface area contributed by atoms with Crippen LogP contribution >= 0.6 is 0 Å². The normalized spacial score (nSPS) is 17.3. The highest BCUT2D eigenvalue weighted by Crippen LogP contribution is 2.30. The van der Waals surface area contributed by atoms with Gasteiger partial charge in [-0.05, 0) is 35.9 Å². The zero-order chi connectivity index (χ0) is 20.9. The number of hydrogen-bond acceptors (Lipinski definition) is 5. The molecule has 2 aromatic rings. The van der Waals surface area contributed by atoms with Crippen LogP contribution in [0.2, 0.25) is 0 Å². The number of nitrogens with one attached hydrogen (secondary N) is 1. The first-order chi connectivity index (χ1) is 14.6. The molecule has 1 fully saturated rings. The summed E-state index contributed by atoms with van der Waals surface area (Å²) >= 11 is 0. The Morgan fingerprint density at radius 2 is 2.07 bits per heavy atom. The number of hydrogen-bond donors (Lipinski definition) is 1. The second-order valence-electron chi connectivity index (χ2n) is 7.29. The minimum atomic E-state index is -0.285. The van der Waals surface area contributed by atoms with Gasteiger partial charge < -0.3 is 19.5 Å². The maximum absolute atomic E-state index is 13.8. The number of halogens is 1. The Hall–Kier alpha value is -2.90.